The summed E-state index contributed by atoms with van der Waals surface area (Å²) in [6.07, 6.45) is 7.10. The van der Waals surface area contributed by atoms with Crippen molar-refractivity contribution in [2.24, 2.45) is 0 Å². The Bertz CT molecular complexity index is 757. The summed E-state index contributed by atoms with van der Waals surface area (Å²) in [7, 11) is 0. The number of benzene rings is 1. The minimum atomic E-state index is 0.0610. The second-order valence-electron chi connectivity index (χ2n) is 6.56. The molecule has 0 spiro atoms. The van der Waals surface area contributed by atoms with Crippen LogP contribution in [0.25, 0.3) is 0 Å². The first kappa shape index (κ1) is 15.2. The quantitative estimate of drug-likeness (QED) is 0.872. The van der Waals surface area contributed by atoms with Crippen LogP contribution in [-0.4, -0.2) is 28.9 Å². The van der Waals surface area contributed by atoms with Crippen molar-refractivity contribution in [1.29, 1.82) is 0 Å². The molecule has 4 rings (SSSR count). The number of aromatic nitrogens is 1. The summed E-state index contributed by atoms with van der Waals surface area (Å²) in [5.41, 5.74) is 4.93. The molecule has 0 unspecified atom stereocenters. The molecule has 1 aliphatic heterocycles. The number of hydrogen-bond acceptors (Lipinski definition) is 3. The predicted molar refractivity (Wildman–Crippen MR) is 91.9 cm³/mol. The van der Waals surface area contributed by atoms with Gasteiger partial charge >= 0.3 is 0 Å². The monoisotopic (exact) mass is 322 g/mol. The first-order valence-electron chi connectivity index (χ1n) is 8.75. The molecule has 2 aliphatic rings. The van der Waals surface area contributed by atoms with Gasteiger partial charge in [0.05, 0.1) is 0 Å². The van der Waals surface area contributed by atoms with Crippen molar-refractivity contribution < 1.29 is 9.53 Å². The normalized spacial score (nSPS) is 16.2. The van der Waals surface area contributed by atoms with E-state index in [0.717, 1.165) is 37.3 Å². The van der Waals surface area contributed by atoms with Crippen LogP contribution in [0.4, 0.5) is 0 Å². The average Bonchev–Trinajstić information content (AvgIpc) is 2.65. The fourth-order valence-corrected chi connectivity index (χ4v) is 3.67. The Hall–Kier alpha value is -2.36. The highest BCUT2D eigenvalue weighted by Gasteiger charge is 2.21. The van der Waals surface area contributed by atoms with Gasteiger partial charge in [-0.1, -0.05) is 24.3 Å². The molecule has 0 atom stereocenters. The standard InChI is InChI=1S/C20H22N2O2/c23-20(22-12-10-15-5-1-2-6-16(15)13-22)14-24-19-9-11-21-18-8-4-3-7-17(18)19/h1-2,5-6,9,11H,3-4,7-8,10,12-14H2. The van der Waals surface area contributed by atoms with Crippen LogP contribution in [0, 0.1) is 0 Å². The number of hydrogen-bond donors (Lipinski definition) is 0. The summed E-state index contributed by atoms with van der Waals surface area (Å²) in [6, 6.07) is 10.2. The molecule has 0 saturated heterocycles. The van der Waals surface area contributed by atoms with Crippen molar-refractivity contribution in [3.63, 3.8) is 0 Å². The maximum Gasteiger partial charge on any atom is 0.260 e. The molecule has 0 fully saturated rings. The highest BCUT2D eigenvalue weighted by Crippen LogP contribution is 2.28. The van der Waals surface area contributed by atoms with Crippen molar-refractivity contribution in [2.45, 2.75) is 38.6 Å². The Morgan fingerprint density at radius 3 is 2.83 bits per heavy atom. The maximum absolute atomic E-state index is 12.5. The number of carbonyl (C=O) groups excluding carboxylic acids is 1. The van der Waals surface area contributed by atoms with E-state index in [0.29, 0.717) is 6.54 Å². The predicted octanol–water partition coefficient (Wildman–Crippen LogP) is 2.92. The number of nitrogens with zero attached hydrogens (tertiary/aromatic N) is 2. The SMILES string of the molecule is O=C(COc1ccnc2c1CCCC2)N1CCc2ccccc2C1. The van der Waals surface area contributed by atoms with Crippen molar-refractivity contribution in [3.05, 3.63) is 58.9 Å². The molecule has 1 aromatic heterocycles. The largest absolute Gasteiger partial charge is 0.483 e. The van der Waals surface area contributed by atoms with Gasteiger partial charge in [-0.3, -0.25) is 9.78 Å². The molecule has 0 radical (unpaired) electrons. The van der Waals surface area contributed by atoms with Crippen LogP contribution in [-0.2, 0) is 30.6 Å². The minimum absolute atomic E-state index is 0.0610. The van der Waals surface area contributed by atoms with Gasteiger partial charge in [-0.25, -0.2) is 0 Å². The summed E-state index contributed by atoms with van der Waals surface area (Å²) < 4.78 is 5.88. The van der Waals surface area contributed by atoms with Crippen LogP contribution in [0.2, 0.25) is 0 Å². The average molecular weight is 322 g/mol. The van der Waals surface area contributed by atoms with E-state index in [1.54, 1.807) is 6.20 Å². The van der Waals surface area contributed by atoms with E-state index in [9.17, 15) is 4.79 Å². The van der Waals surface area contributed by atoms with Crippen LogP contribution < -0.4 is 4.74 Å². The van der Waals surface area contributed by atoms with E-state index in [-0.39, 0.29) is 12.5 Å². The molecule has 2 aromatic rings. The third-order valence-electron chi connectivity index (χ3n) is 5.03. The van der Waals surface area contributed by atoms with Gasteiger partial charge < -0.3 is 9.64 Å². The van der Waals surface area contributed by atoms with E-state index in [1.165, 1.54) is 29.5 Å². The summed E-state index contributed by atoms with van der Waals surface area (Å²) in [5.74, 6) is 0.899. The number of carbonyl (C=O) groups is 1. The minimum Gasteiger partial charge on any atom is -0.483 e. The number of fused-ring (bicyclic) bond motifs is 2. The molecule has 124 valence electrons. The molecular formula is C20H22N2O2. The Morgan fingerprint density at radius 1 is 1.08 bits per heavy atom. The van der Waals surface area contributed by atoms with E-state index in [1.807, 2.05) is 17.0 Å². The molecule has 24 heavy (non-hydrogen) atoms. The molecule has 2 heterocycles. The van der Waals surface area contributed by atoms with Gasteiger partial charge in [-0.15, -0.1) is 0 Å². The van der Waals surface area contributed by atoms with E-state index in [2.05, 4.69) is 23.2 Å². The van der Waals surface area contributed by atoms with Gasteiger partial charge in [0.1, 0.15) is 5.75 Å². The lowest BCUT2D eigenvalue weighted by atomic mass is 9.95. The Morgan fingerprint density at radius 2 is 1.92 bits per heavy atom. The lowest BCUT2D eigenvalue weighted by Crippen LogP contribution is -2.38. The Kier molecular flexibility index (Phi) is 4.20. The van der Waals surface area contributed by atoms with Crippen LogP contribution in [0.15, 0.2) is 36.5 Å². The fourth-order valence-electron chi connectivity index (χ4n) is 3.67. The molecule has 1 aliphatic carbocycles. The highest BCUT2D eigenvalue weighted by molar-refractivity contribution is 5.78. The van der Waals surface area contributed by atoms with Crippen LogP contribution >= 0.6 is 0 Å². The third kappa shape index (κ3) is 3.01. The van der Waals surface area contributed by atoms with Crippen LogP contribution in [0.3, 0.4) is 0 Å². The number of pyridine rings is 1. The molecule has 0 N–H and O–H groups in total. The van der Waals surface area contributed by atoms with Gasteiger partial charge in [0, 0.05) is 30.5 Å². The highest BCUT2D eigenvalue weighted by atomic mass is 16.5. The smallest absolute Gasteiger partial charge is 0.260 e. The zero-order valence-corrected chi connectivity index (χ0v) is 13.8. The maximum atomic E-state index is 12.5. The Labute approximate surface area is 142 Å². The number of ether oxygens (including phenoxy) is 1. The van der Waals surface area contributed by atoms with Gasteiger partial charge in [0.15, 0.2) is 6.61 Å². The van der Waals surface area contributed by atoms with E-state index >= 15 is 0 Å². The van der Waals surface area contributed by atoms with E-state index in [4.69, 9.17) is 4.74 Å². The van der Waals surface area contributed by atoms with Crippen molar-refractivity contribution >= 4 is 5.91 Å². The number of amides is 1. The van der Waals surface area contributed by atoms with Crippen molar-refractivity contribution in [2.75, 3.05) is 13.2 Å². The Balaban J connectivity index is 1.41. The number of aryl methyl sites for hydroxylation is 1. The molecule has 4 heteroatoms. The van der Waals surface area contributed by atoms with Gasteiger partial charge in [-0.2, -0.15) is 0 Å². The molecule has 1 amide bonds. The van der Waals surface area contributed by atoms with Gasteiger partial charge in [0.2, 0.25) is 0 Å². The first-order valence-corrected chi connectivity index (χ1v) is 8.75. The number of rotatable bonds is 3. The lowest BCUT2D eigenvalue weighted by molar-refractivity contribution is -0.134. The van der Waals surface area contributed by atoms with Gasteiger partial charge in [0.25, 0.3) is 5.91 Å². The second kappa shape index (κ2) is 6.63. The fraction of sp³-hybridized carbons (Fsp3) is 0.400. The summed E-state index contributed by atoms with van der Waals surface area (Å²) in [4.78, 5) is 18.9. The summed E-state index contributed by atoms with van der Waals surface area (Å²) >= 11 is 0. The van der Waals surface area contributed by atoms with Crippen LogP contribution in [0.5, 0.6) is 5.75 Å². The van der Waals surface area contributed by atoms with E-state index < -0.39 is 0 Å². The van der Waals surface area contributed by atoms with Crippen molar-refractivity contribution in [3.8, 4) is 5.75 Å². The topological polar surface area (TPSA) is 42.4 Å². The second-order valence-corrected chi connectivity index (χ2v) is 6.56. The first-order chi connectivity index (χ1) is 11.8. The zero-order valence-electron chi connectivity index (χ0n) is 13.8. The molecular weight excluding hydrogens is 300 g/mol. The van der Waals surface area contributed by atoms with Crippen molar-refractivity contribution in [1.82, 2.24) is 9.88 Å². The summed E-state index contributed by atoms with van der Waals surface area (Å²) in [6.45, 7) is 1.57. The summed E-state index contributed by atoms with van der Waals surface area (Å²) in [5, 5.41) is 0. The molecule has 1 aromatic carbocycles. The van der Waals surface area contributed by atoms with Crippen LogP contribution in [0.1, 0.15) is 35.2 Å². The molecule has 0 saturated carbocycles. The molecule has 0 bridgehead atoms. The lowest BCUT2D eigenvalue weighted by Gasteiger charge is -2.29. The third-order valence-corrected chi connectivity index (χ3v) is 5.03. The van der Waals surface area contributed by atoms with Gasteiger partial charge in [-0.05, 0) is 49.3 Å². The molecule has 4 nitrogen and oxygen atoms in total. The zero-order chi connectivity index (χ0) is 16.4.